The molecule has 160 valence electrons. The van der Waals surface area contributed by atoms with Gasteiger partial charge in [-0.2, -0.15) is 0 Å². The fourth-order valence-electron chi connectivity index (χ4n) is 2.76. The van der Waals surface area contributed by atoms with Gasteiger partial charge in [-0.3, -0.25) is 9.59 Å². The molecule has 7 nitrogen and oxygen atoms in total. The smallest absolute Gasteiger partial charge is 0.316 e. The molecule has 3 aromatic rings. The highest BCUT2D eigenvalue weighted by molar-refractivity contribution is 6.35. The predicted octanol–water partition coefficient (Wildman–Crippen LogP) is 4.79. The summed E-state index contributed by atoms with van der Waals surface area (Å²) < 4.78 is 5.79. The van der Waals surface area contributed by atoms with Crippen molar-refractivity contribution < 1.29 is 19.4 Å². The molecule has 0 aliphatic carbocycles. The number of ether oxygens (including phenoxy) is 1. The molecule has 0 spiro atoms. The van der Waals surface area contributed by atoms with Crippen LogP contribution in [0.1, 0.15) is 35.4 Å². The Morgan fingerprint density at radius 2 is 1.65 bits per heavy atom. The number of amides is 1. The van der Waals surface area contributed by atoms with E-state index >= 15 is 0 Å². The highest BCUT2D eigenvalue weighted by Gasteiger charge is 2.12. The molecule has 0 aliphatic rings. The summed E-state index contributed by atoms with van der Waals surface area (Å²) in [7, 11) is 0. The normalized spacial score (nSPS) is 11.6. The Kier molecular flexibility index (Phi) is 7.44. The Hall–Kier alpha value is -3.16. The molecule has 3 rings (SSSR count). The first-order valence-corrected chi connectivity index (χ1v) is 10.1. The Morgan fingerprint density at radius 1 is 1.03 bits per heavy atom. The second-order valence-corrected chi connectivity index (χ2v) is 7.57. The fourth-order valence-corrected chi connectivity index (χ4v) is 3.29. The number of nitrogens with one attached hydrogen (secondary N) is 1. The molecule has 0 fully saturated rings. The molecule has 2 aromatic carbocycles. The zero-order valence-corrected chi connectivity index (χ0v) is 18.0. The first kappa shape index (κ1) is 22.5. The highest BCUT2D eigenvalue weighted by atomic mass is 35.5. The van der Waals surface area contributed by atoms with Crippen molar-refractivity contribution in [2.45, 2.75) is 19.4 Å². The van der Waals surface area contributed by atoms with Crippen molar-refractivity contribution >= 4 is 35.1 Å². The van der Waals surface area contributed by atoms with Crippen LogP contribution in [0.4, 0.5) is 0 Å². The van der Waals surface area contributed by atoms with Gasteiger partial charge in [0.15, 0.2) is 0 Å². The molecule has 0 radical (unpaired) electrons. The molecular formula is C22H19Cl2N3O4. The Morgan fingerprint density at radius 3 is 2.23 bits per heavy atom. The van der Waals surface area contributed by atoms with Crippen LogP contribution in [-0.4, -0.2) is 33.5 Å². The maximum absolute atomic E-state index is 12.0. The van der Waals surface area contributed by atoms with Gasteiger partial charge in [-0.25, -0.2) is 9.97 Å². The lowest BCUT2D eigenvalue weighted by molar-refractivity contribution is -0.136. The van der Waals surface area contributed by atoms with E-state index in [2.05, 4.69) is 15.3 Å². The number of nitrogens with zero attached hydrogens (tertiary/aromatic N) is 2. The van der Waals surface area contributed by atoms with E-state index in [-0.39, 0.29) is 31.0 Å². The summed E-state index contributed by atoms with van der Waals surface area (Å²) in [5.41, 5.74) is 2.82. The van der Waals surface area contributed by atoms with Crippen LogP contribution in [0.15, 0.2) is 54.9 Å². The first-order chi connectivity index (χ1) is 14.8. The molecule has 0 saturated carbocycles. The summed E-state index contributed by atoms with van der Waals surface area (Å²) in [6.07, 6.45) is 2.77. The first-order valence-electron chi connectivity index (χ1n) is 9.37. The van der Waals surface area contributed by atoms with Gasteiger partial charge in [0.1, 0.15) is 6.10 Å². The van der Waals surface area contributed by atoms with Gasteiger partial charge in [-0.05, 0) is 48.4 Å². The molecular weight excluding hydrogens is 441 g/mol. The quantitative estimate of drug-likeness (QED) is 0.501. The van der Waals surface area contributed by atoms with Crippen LogP contribution < -0.4 is 10.1 Å². The van der Waals surface area contributed by atoms with E-state index < -0.39 is 5.97 Å². The molecule has 1 amide bonds. The maximum atomic E-state index is 12.0. The molecule has 0 saturated heterocycles. The highest BCUT2D eigenvalue weighted by Crippen LogP contribution is 2.27. The Balaban J connectivity index is 1.61. The van der Waals surface area contributed by atoms with Gasteiger partial charge in [0.2, 0.25) is 0 Å². The molecule has 1 atom stereocenters. The average molecular weight is 460 g/mol. The van der Waals surface area contributed by atoms with Crippen LogP contribution in [0, 0.1) is 0 Å². The molecule has 31 heavy (non-hydrogen) atoms. The standard InChI is InChI=1S/C22H19Cl2N3O4/c1-13(14-2-4-15(5-3-14)21(30)25-7-6-20(28)29)31-22-26-11-17(12-27-22)16-8-18(23)10-19(24)9-16/h2-5,8-13H,6-7H2,1H3,(H,25,30)(H,28,29). The van der Waals surface area contributed by atoms with E-state index in [1.165, 1.54) is 0 Å². The number of carboxylic acids is 1. The number of carbonyl (C=O) groups is 2. The van der Waals surface area contributed by atoms with Crippen molar-refractivity contribution in [2.75, 3.05) is 6.54 Å². The molecule has 9 heteroatoms. The lowest BCUT2D eigenvalue weighted by Gasteiger charge is -2.14. The zero-order valence-electron chi connectivity index (χ0n) is 16.5. The van der Waals surface area contributed by atoms with Crippen LogP contribution in [0.3, 0.4) is 0 Å². The summed E-state index contributed by atoms with van der Waals surface area (Å²) in [5, 5.41) is 12.2. The largest absolute Gasteiger partial charge is 0.481 e. The SMILES string of the molecule is CC(Oc1ncc(-c2cc(Cl)cc(Cl)c2)cn1)c1ccc(C(=O)NCCC(=O)O)cc1. The zero-order chi connectivity index (χ0) is 22.4. The van der Waals surface area contributed by atoms with Crippen molar-refractivity contribution in [3.05, 3.63) is 76.0 Å². The van der Waals surface area contributed by atoms with Gasteiger partial charge < -0.3 is 15.2 Å². The van der Waals surface area contributed by atoms with Gasteiger partial charge in [-0.15, -0.1) is 0 Å². The van der Waals surface area contributed by atoms with E-state index in [1.54, 1.807) is 54.9 Å². The van der Waals surface area contributed by atoms with Crippen molar-refractivity contribution in [1.29, 1.82) is 0 Å². The van der Waals surface area contributed by atoms with Crippen LogP contribution in [0.25, 0.3) is 11.1 Å². The fraction of sp³-hybridized carbons (Fsp3) is 0.182. The minimum absolute atomic E-state index is 0.0736. The topological polar surface area (TPSA) is 101 Å². The Labute approximate surface area is 189 Å². The van der Waals surface area contributed by atoms with Gasteiger partial charge in [0.05, 0.1) is 6.42 Å². The number of aromatic nitrogens is 2. The average Bonchev–Trinajstić information content (AvgIpc) is 2.73. The summed E-state index contributed by atoms with van der Waals surface area (Å²) in [5.74, 6) is -1.30. The van der Waals surface area contributed by atoms with Crippen LogP contribution >= 0.6 is 23.2 Å². The number of benzene rings is 2. The van der Waals surface area contributed by atoms with Gasteiger partial charge in [0.25, 0.3) is 5.91 Å². The number of halogens is 2. The van der Waals surface area contributed by atoms with Crippen LogP contribution in [0.2, 0.25) is 10.0 Å². The number of carbonyl (C=O) groups excluding carboxylic acids is 1. The molecule has 0 bridgehead atoms. The lowest BCUT2D eigenvalue weighted by atomic mass is 10.1. The number of rotatable bonds is 8. The van der Waals surface area contributed by atoms with E-state index in [0.29, 0.717) is 15.6 Å². The van der Waals surface area contributed by atoms with Gasteiger partial charge in [0, 0.05) is 40.1 Å². The molecule has 1 unspecified atom stereocenters. The third kappa shape index (κ3) is 6.41. The Bertz CT molecular complexity index is 1050. The van der Waals surface area contributed by atoms with Crippen molar-refractivity contribution in [2.24, 2.45) is 0 Å². The third-order valence-corrected chi connectivity index (χ3v) is 4.81. The second-order valence-electron chi connectivity index (χ2n) is 6.69. The molecule has 2 N–H and O–H groups in total. The van der Waals surface area contributed by atoms with E-state index in [9.17, 15) is 9.59 Å². The third-order valence-electron chi connectivity index (χ3n) is 4.37. The lowest BCUT2D eigenvalue weighted by Crippen LogP contribution is -2.25. The van der Waals surface area contributed by atoms with Crippen LogP contribution in [-0.2, 0) is 4.79 Å². The number of hydrogen-bond acceptors (Lipinski definition) is 5. The molecule has 1 aromatic heterocycles. The predicted molar refractivity (Wildman–Crippen MR) is 118 cm³/mol. The van der Waals surface area contributed by atoms with E-state index in [0.717, 1.165) is 16.7 Å². The van der Waals surface area contributed by atoms with E-state index in [1.807, 2.05) is 6.92 Å². The molecule has 1 heterocycles. The minimum Gasteiger partial charge on any atom is -0.481 e. The van der Waals surface area contributed by atoms with Crippen molar-refractivity contribution in [3.8, 4) is 17.1 Å². The van der Waals surface area contributed by atoms with Gasteiger partial charge in [-0.1, -0.05) is 35.3 Å². The second kappa shape index (κ2) is 10.2. The van der Waals surface area contributed by atoms with Gasteiger partial charge >= 0.3 is 12.0 Å². The minimum atomic E-state index is -0.965. The summed E-state index contributed by atoms with van der Waals surface area (Å²) >= 11 is 12.1. The summed E-state index contributed by atoms with van der Waals surface area (Å²) in [6.45, 7) is 1.92. The summed E-state index contributed by atoms with van der Waals surface area (Å²) in [6, 6.07) is 12.2. The van der Waals surface area contributed by atoms with Crippen molar-refractivity contribution in [1.82, 2.24) is 15.3 Å². The number of carboxylic acid groups (broad SMARTS) is 1. The molecule has 0 aliphatic heterocycles. The number of aliphatic carboxylic acids is 1. The summed E-state index contributed by atoms with van der Waals surface area (Å²) in [4.78, 5) is 31.0. The van der Waals surface area contributed by atoms with Crippen molar-refractivity contribution in [3.63, 3.8) is 0 Å². The van der Waals surface area contributed by atoms with E-state index in [4.69, 9.17) is 33.0 Å². The van der Waals surface area contributed by atoms with Crippen LogP contribution in [0.5, 0.6) is 6.01 Å². The maximum Gasteiger partial charge on any atom is 0.316 e. The monoisotopic (exact) mass is 459 g/mol. The number of hydrogen-bond donors (Lipinski definition) is 2.